The van der Waals surface area contributed by atoms with Gasteiger partial charge in [0, 0.05) is 38.3 Å². The normalized spacial score (nSPS) is 11.5. The molecule has 0 saturated heterocycles. The Morgan fingerprint density at radius 1 is 0.676 bits per heavy atom. The third-order valence-corrected chi connectivity index (χ3v) is 6.44. The molecule has 0 aliphatic rings. The molecule has 0 saturated carbocycles. The molecule has 37 heavy (non-hydrogen) atoms. The van der Waals surface area contributed by atoms with Crippen molar-refractivity contribution in [1.29, 1.82) is 0 Å². The van der Waals surface area contributed by atoms with Crippen molar-refractivity contribution in [2.45, 2.75) is 34.6 Å². The summed E-state index contributed by atoms with van der Waals surface area (Å²) in [5.74, 6) is 0. The van der Waals surface area contributed by atoms with E-state index in [9.17, 15) is 0 Å². The van der Waals surface area contributed by atoms with Gasteiger partial charge in [0.1, 0.15) is 0 Å². The molecule has 0 bridgehead atoms. The predicted molar refractivity (Wildman–Crippen MR) is 166 cm³/mol. The van der Waals surface area contributed by atoms with E-state index in [0.29, 0.717) is 0 Å². The highest BCUT2D eigenvalue weighted by Crippen LogP contribution is 2.36. The monoisotopic (exact) mass is 484 g/mol. The van der Waals surface area contributed by atoms with Crippen LogP contribution in [0.4, 0.5) is 0 Å². The molecule has 0 aliphatic carbocycles. The molecule has 0 aliphatic heterocycles. The Balaban J connectivity index is 0.000000765. The summed E-state index contributed by atoms with van der Waals surface area (Å²) in [4.78, 5) is 3.53. The van der Waals surface area contributed by atoms with E-state index in [0.717, 1.165) is 5.70 Å². The Morgan fingerprint density at radius 2 is 1.30 bits per heavy atom. The van der Waals surface area contributed by atoms with Crippen LogP contribution in [0.2, 0.25) is 0 Å². The summed E-state index contributed by atoms with van der Waals surface area (Å²) in [6.07, 6.45) is 8.14. The highest BCUT2D eigenvalue weighted by atomic mass is 15.0. The van der Waals surface area contributed by atoms with E-state index in [1.807, 2.05) is 46.8 Å². The molecule has 186 valence electrons. The van der Waals surface area contributed by atoms with E-state index in [4.69, 9.17) is 0 Å². The van der Waals surface area contributed by atoms with Crippen LogP contribution in [0.1, 0.15) is 34.6 Å². The number of para-hydroxylation sites is 2. The first-order chi connectivity index (χ1) is 18.3. The number of aromatic nitrogens is 2. The molecule has 4 aromatic carbocycles. The van der Waals surface area contributed by atoms with Crippen LogP contribution in [0.25, 0.3) is 60.4 Å². The van der Waals surface area contributed by atoms with Gasteiger partial charge in [0.15, 0.2) is 0 Å². The van der Waals surface area contributed by atoms with Gasteiger partial charge in [-0.05, 0) is 60.5 Å². The second-order valence-electron chi connectivity index (χ2n) is 8.34. The lowest BCUT2D eigenvalue weighted by Crippen LogP contribution is -1.94. The fourth-order valence-electron chi connectivity index (χ4n) is 4.88. The molecular formula is C35H36N2. The molecule has 6 rings (SSSR count). The topological polar surface area (TPSA) is 20.7 Å². The zero-order valence-corrected chi connectivity index (χ0v) is 22.5. The Hall–Kier alpha value is -4.30. The first-order valence-corrected chi connectivity index (χ1v) is 13.3. The predicted octanol–water partition coefficient (Wildman–Crippen LogP) is 10.8. The smallest absolute Gasteiger partial charge is 0.0547 e. The van der Waals surface area contributed by atoms with Gasteiger partial charge >= 0.3 is 0 Å². The molecule has 2 heteroatoms. The zero-order chi connectivity index (χ0) is 26.4. The van der Waals surface area contributed by atoms with Gasteiger partial charge in [-0.2, -0.15) is 0 Å². The Labute approximate surface area is 220 Å². The maximum Gasteiger partial charge on any atom is 0.0547 e. The minimum atomic E-state index is 1.06. The lowest BCUT2D eigenvalue weighted by atomic mass is 10.0. The number of H-pyrrole nitrogens is 1. The van der Waals surface area contributed by atoms with Crippen LogP contribution in [-0.4, -0.2) is 9.55 Å². The molecule has 2 heterocycles. The van der Waals surface area contributed by atoms with Gasteiger partial charge in [-0.15, -0.1) is 0 Å². The van der Waals surface area contributed by atoms with Gasteiger partial charge in [-0.3, -0.25) is 0 Å². The molecule has 0 fully saturated rings. The van der Waals surface area contributed by atoms with Crippen molar-refractivity contribution in [3.05, 3.63) is 116 Å². The van der Waals surface area contributed by atoms with Crippen LogP contribution in [0.15, 0.2) is 116 Å². The summed E-state index contributed by atoms with van der Waals surface area (Å²) in [5.41, 5.74) is 8.18. The van der Waals surface area contributed by atoms with Gasteiger partial charge in [0.25, 0.3) is 0 Å². The fraction of sp³-hybridized carbons (Fsp3) is 0.143. The van der Waals surface area contributed by atoms with Crippen molar-refractivity contribution in [2.24, 2.45) is 0 Å². The molecule has 0 spiro atoms. The summed E-state index contributed by atoms with van der Waals surface area (Å²) < 4.78 is 2.31. The van der Waals surface area contributed by atoms with Crippen molar-refractivity contribution >= 4 is 49.3 Å². The molecule has 2 aromatic heterocycles. The van der Waals surface area contributed by atoms with Crippen molar-refractivity contribution < 1.29 is 0 Å². The third-order valence-electron chi connectivity index (χ3n) is 6.44. The van der Waals surface area contributed by atoms with Crippen LogP contribution < -0.4 is 0 Å². The van der Waals surface area contributed by atoms with Crippen LogP contribution in [-0.2, 0) is 0 Å². The summed E-state index contributed by atoms with van der Waals surface area (Å²) in [7, 11) is 0. The number of allylic oxidation sites excluding steroid dienone is 5. The number of nitrogens with one attached hydrogen (secondary N) is 1. The lowest BCUT2D eigenvalue weighted by molar-refractivity contribution is 1.24. The number of benzene rings is 4. The fourth-order valence-corrected chi connectivity index (χ4v) is 4.88. The second-order valence-corrected chi connectivity index (χ2v) is 8.34. The highest BCUT2D eigenvalue weighted by molar-refractivity contribution is 6.12. The summed E-state index contributed by atoms with van der Waals surface area (Å²) in [5, 5.41) is 5.01. The average molecular weight is 485 g/mol. The molecule has 0 radical (unpaired) electrons. The van der Waals surface area contributed by atoms with Crippen LogP contribution >= 0.6 is 0 Å². The molecule has 0 unspecified atom stereocenters. The Kier molecular flexibility index (Phi) is 8.10. The quantitative estimate of drug-likeness (QED) is 0.240. The average Bonchev–Trinajstić information content (AvgIpc) is 3.51. The van der Waals surface area contributed by atoms with Crippen molar-refractivity contribution in [3.8, 4) is 11.1 Å². The standard InChI is InChI=1S/C31H24N2.2C2H6/c1-3-5-10-23(4-2)33-30-14-9-7-12-25(30)26-17-15-22(20-31(26)33)21-16-18-29-27(19-21)24-11-6-8-13-28(24)32-29;2*1-2/h3-20,32H,2H2,1H3;2*1-2H3/b5-3-,23-10+;;. The van der Waals surface area contributed by atoms with Crippen molar-refractivity contribution in [2.75, 3.05) is 0 Å². The summed E-state index contributed by atoms with van der Waals surface area (Å²) >= 11 is 0. The van der Waals surface area contributed by atoms with Gasteiger partial charge in [0.2, 0.25) is 0 Å². The first kappa shape index (κ1) is 25.8. The molecule has 0 atom stereocenters. The van der Waals surface area contributed by atoms with Gasteiger partial charge < -0.3 is 9.55 Å². The van der Waals surface area contributed by atoms with E-state index >= 15 is 0 Å². The van der Waals surface area contributed by atoms with Gasteiger partial charge in [0.05, 0.1) is 11.0 Å². The summed E-state index contributed by atoms with van der Waals surface area (Å²) in [6.45, 7) is 14.1. The molecule has 2 nitrogen and oxygen atoms in total. The van der Waals surface area contributed by atoms with E-state index in [1.54, 1.807) is 0 Å². The second kappa shape index (κ2) is 11.6. The van der Waals surface area contributed by atoms with Gasteiger partial charge in [-0.25, -0.2) is 0 Å². The van der Waals surface area contributed by atoms with E-state index < -0.39 is 0 Å². The molecule has 6 aromatic rings. The highest BCUT2D eigenvalue weighted by Gasteiger charge is 2.14. The lowest BCUT2D eigenvalue weighted by Gasteiger charge is -2.09. The SMILES string of the molecule is C=C/C(=C\C=C/C)n1c2ccccc2c2ccc(-c3ccc4[nH]c5ccccc5c4c3)cc21.CC.CC. The maximum atomic E-state index is 4.09. The molecule has 0 amide bonds. The summed E-state index contributed by atoms with van der Waals surface area (Å²) in [6, 6.07) is 30.5. The van der Waals surface area contributed by atoms with Gasteiger partial charge in [-0.1, -0.05) is 101 Å². The molecular weight excluding hydrogens is 448 g/mol. The minimum absolute atomic E-state index is 1.06. The van der Waals surface area contributed by atoms with Crippen LogP contribution in [0.5, 0.6) is 0 Å². The first-order valence-electron chi connectivity index (χ1n) is 13.3. The van der Waals surface area contributed by atoms with E-state index in [1.165, 1.54) is 54.7 Å². The van der Waals surface area contributed by atoms with E-state index in [-0.39, 0.29) is 0 Å². The third kappa shape index (κ3) is 4.63. The number of aromatic amines is 1. The largest absolute Gasteiger partial charge is 0.355 e. The number of hydrogen-bond acceptors (Lipinski definition) is 0. The zero-order valence-electron chi connectivity index (χ0n) is 22.5. The maximum absolute atomic E-state index is 4.09. The van der Waals surface area contributed by atoms with Crippen molar-refractivity contribution in [1.82, 2.24) is 9.55 Å². The number of nitrogens with zero attached hydrogens (tertiary/aromatic N) is 1. The number of fused-ring (bicyclic) bond motifs is 6. The number of hydrogen-bond donors (Lipinski definition) is 1. The Morgan fingerprint density at radius 3 is 2.05 bits per heavy atom. The van der Waals surface area contributed by atoms with Crippen LogP contribution in [0, 0.1) is 0 Å². The van der Waals surface area contributed by atoms with E-state index in [2.05, 4.69) is 113 Å². The van der Waals surface area contributed by atoms with Crippen LogP contribution in [0.3, 0.4) is 0 Å². The number of rotatable bonds is 4. The Bertz CT molecular complexity index is 1740. The van der Waals surface area contributed by atoms with Crippen molar-refractivity contribution in [3.63, 3.8) is 0 Å². The minimum Gasteiger partial charge on any atom is -0.355 e. The molecule has 1 N–H and O–H groups in total.